The Morgan fingerprint density at radius 2 is 1.63 bits per heavy atom. The molecular weight excluding hydrogens is 242 g/mol. The summed E-state index contributed by atoms with van der Waals surface area (Å²) in [4.78, 5) is 26.5. The van der Waals surface area contributed by atoms with Gasteiger partial charge in [0.05, 0.1) is 24.0 Å². The van der Waals surface area contributed by atoms with Gasteiger partial charge in [0.15, 0.2) is 0 Å². The van der Waals surface area contributed by atoms with E-state index in [-0.39, 0.29) is 35.7 Å². The molecule has 106 valence electrons. The van der Waals surface area contributed by atoms with Gasteiger partial charge >= 0.3 is 0 Å². The molecule has 0 aromatic heterocycles. The third kappa shape index (κ3) is 1.55. The molecule has 1 saturated heterocycles. The van der Waals surface area contributed by atoms with Crippen LogP contribution in [0, 0.1) is 23.2 Å². The fourth-order valence-electron chi connectivity index (χ4n) is 4.17. The Labute approximate surface area is 114 Å². The van der Waals surface area contributed by atoms with Gasteiger partial charge in [0, 0.05) is 0 Å². The maximum absolute atomic E-state index is 12.5. The van der Waals surface area contributed by atoms with Gasteiger partial charge in [-0.05, 0) is 37.0 Å². The smallest absolute Gasteiger partial charge is 0.234 e. The molecule has 1 heterocycles. The molecule has 0 radical (unpaired) electrons. The molecule has 0 aromatic carbocycles. The average molecular weight is 265 g/mol. The number of piperidine rings is 1. The van der Waals surface area contributed by atoms with Crippen LogP contribution in [-0.2, 0) is 9.59 Å². The molecule has 1 aliphatic heterocycles. The van der Waals surface area contributed by atoms with Crippen molar-refractivity contribution in [3.05, 3.63) is 0 Å². The van der Waals surface area contributed by atoms with Crippen LogP contribution in [0.4, 0.5) is 0 Å². The first kappa shape index (κ1) is 13.1. The van der Waals surface area contributed by atoms with Crippen molar-refractivity contribution < 1.29 is 14.7 Å². The maximum Gasteiger partial charge on any atom is 0.234 e. The molecule has 3 aliphatic rings. The lowest BCUT2D eigenvalue weighted by atomic mass is 9.76. The predicted molar refractivity (Wildman–Crippen MR) is 70.1 cm³/mol. The van der Waals surface area contributed by atoms with E-state index in [1.807, 2.05) is 13.8 Å². The van der Waals surface area contributed by atoms with Gasteiger partial charge in [-0.25, -0.2) is 0 Å². The molecule has 1 N–H and O–H groups in total. The van der Waals surface area contributed by atoms with Gasteiger partial charge in [-0.1, -0.05) is 20.8 Å². The van der Waals surface area contributed by atoms with Crippen LogP contribution in [0.1, 0.15) is 46.5 Å². The zero-order valence-electron chi connectivity index (χ0n) is 12.0. The molecule has 2 saturated carbocycles. The number of rotatable bonds is 2. The van der Waals surface area contributed by atoms with Crippen molar-refractivity contribution in [2.75, 3.05) is 6.61 Å². The Kier molecular flexibility index (Phi) is 2.63. The summed E-state index contributed by atoms with van der Waals surface area (Å²) in [5, 5.41) is 9.81. The van der Waals surface area contributed by atoms with Gasteiger partial charge < -0.3 is 5.11 Å². The topological polar surface area (TPSA) is 57.6 Å². The molecule has 2 amide bonds. The highest BCUT2D eigenvalue weighted by atomic mass is 16.3. The Hall–Kier alpha value is -0.900. The van der Waals surface area contributed by atoms with Crippen LogP contribution < -0.4 is 0 Å². The van der Waals surface area contributed by atoms with E-state index in [4.69, 9.17) is 0 Å². The summed E-state index contributed by atoms with van der Waals surface area (Å²) < 4.78 is 0. The lowest BCUT2D eigenvalue weighted by molar-refractivity contribution is -0.155. The van der Waals surface area contributed by atoms with Crippen molar-refractivity contribution in [1.82, 2.24) is 4.90 Å². The van der Waals surface area contributed by atoms with Crippen LogP contribution in [0.25, 0.3) is 0 Å². The molecule has 4 nitrogen and oxygen atoms in total. The Bertz CT molecular complexity index is 411. The van der Waals surface area contributed by atoms with Crippen LogP contribution in [0.15, 0.2) is 0 Å². The van der Waals surface area contributed by atoms with Gasteiger partial charge in [0.2, 0.25) is 11.8 Å². The standard InChI is InChI=1S/C15H23NO3/c1-9-4-6-15(8-17,7-5-9)16-12(18)10-11(13(16)19)14(10,2)3/h9-11,17H,4-8H2,1-3H3. The van der Waals surface area contributed by atoms with E-state index in [2.05, 4.69) is 6.92 Å². The van der Waals surface area contributed by atoms with Gasteiger partial charge in [-0.3, -0.25) is 14.5 Å². The fourth-order valence-corrected chi connectivity index (χ4v) is 4.17. The molecule has 2 unspecified atom stereocenters. The molecule has 19 heavy (non-hydrogen) atoms. The molecule has 2 atom stereocenters. The summed E-state index contributed by atoms with van der Waals surface area (Å²) in [6.45, 7) is 6.08. The quantitative estimate of drug-likeness (QED) is 0.771. The van der Waals surface area contributed by atoms with E-state index in [9.17, 15) is 14.7 Å². The molecule has 4 heteroatoms. The summed E-state index contributed by atoms with van der Waals surface area (Å²) in [6.07, 6.45) is 3.47. The zero-order valence-corrected chi connectivity index (χ0v) is 12.0. The van der Waals surface area contributed by atoms with Crippen LogP contribution in [0.5, 0.6) is 0 Å². The van der Waals surface area contributed by atoms with Gasteiger partial charge in [-0.15, -0.1) is 0 Å². The first-order valence-corrected chi connectivity index (χ1v) is 7.34. The SMILES string of the molecule is CC1CCC(CO)(N2C(=O)C3C(C2=O)C3(C)C)CC1. The van der Waals surface area contributed by atoms with Crippen molar-refractivity contribution in [2.24, 2.45) is 23.2 Å². The molecule has 3 fully saturated rings. The highest BCUT2D eigenvalue weighted by Gasteiger charge is 2.74. The van der Waals surface area contributed by atoms with Crippen molar-refractivity contribution in [2.45, 2.75) is 52.0 Å². The van der Waals surface area contributed by atoms with Gasteiger partial charge in [-0.2, -0.15) is 0 Å². The minimum atomic E-state index is -0.607. The average Bonchev–Trinajstić information content (AvgIpc) is 2.82. The first-order valence-electron chi connectivity index (χ1n) is 7.34. The number of imide groups is 1. The van der Waals surface area contributed by atoms with Crippen molar-refractivity contribution >= 4 is 11.8 Å². The summed E-state index contributed by atoms with van der Waals surface area (Å²) in [5.41, 5.74) is -0.770. The fraction of sp³-hybridized carbons (Fsp3) is 0.867. The summed E-state index contributed by atoms with van der Waals surface area (Å²) in [5.74, 6) is 0.274. The van der Waals surface area contributed by atoms with Gasteiger partial charge in [0.1, 0.15) is 0 Å². The minimum Gasteiger partial charge on any atom is -0.394 e. The first-order chi connectivity index (χ1) is 8.85. The Morgan fingerprint density at radius 1 is 1.16 bits per heavy atom. The van der Waals surface area contributed by atoms with E-state index in [1.165, 1.54) is 4.90 Å². The lowest BCUT2D eigenvalue weighted by Gasteiger charge is -2.45. The Morgan fingerprint density at radius 3 is 2.05 bits per heavy atom. The van der Waals surface area contributed by atoms with E-state index < -0.39 is 5.54 Å². The number of carbonyl (C=O) groups is 2. The van der Waals surface area contributed by atoms with E-state index in [0.29, 0.717) is 5.92 Å². The molecule has 0 bridgehead atoms. The number of likely N-dealkylation sites (tertiary alicyclic amines) is 1. The van der Waals surface area contributed by atoms with E-state index in [0.717, 1.165) is 25.7 Å². The van der Waals surface area contributed by atoms with Crippen LogP contribution >= 0.6 is 0 Å². The molecule has 2 aliphatic carbocycles. The second kappa shape index (κ2) is 3.81. The number of nitrogens with zero attached hydrogens (tertiary/aromatic N) is 1. The second-order valence-electron chi connectivity index (χ2n) is 7.35. The number of carbonyl (C=O) groups excluding carboxylic acids is 2. The summed E-state index contributed by atoms with van der Waals surface area (Å²) in [6, 6.07) is 0. The monoisotopic (exact) mass is 265 g/mol. The highest BCUT2D eigenvalue weighted by molar-refractivity contribution is 6.11. The van der Waals surface area contributed by atoms with E-state index >= 15 is 0 Å². The van der Waals surface area contributed by atoms with Crippen LogP contribution in [0.2, 0.25) is 0 Å². The van der Waals surface area contributed by atoms with Crippen molar-refractivity contribution in [1.29, 1.82) is 0 Å². The number of fused-ring (bicyclic) bond motifs is 1. The number of amides is 2. The largest absolute Gasteiger partial charge is 0.394 e. The predicted octanol–water partition coefficient (Wildman–Crippen LogP) is 1.57. The zero-order chi connectivity index (χ0) is 14.0. The number of aliphatic hydroxyl groups is 1. The van der Waals surface area contributed by atoms with Crippen LogP contribution in [0.3, 0.4) is 0 Å². The van der Waals surface area contributed by atoms with Crippen molar-refractivity contribution in [3.8, 4) is 0 Å². The number of hydrogen-bond acceptors (Lipinski definition) is 3. The van der Waals surface area contributed by atoms with Crippen LogP contribution in [-0.4, -0.2) is 34.0 Å². The summed E-state index contributed by atoms with van der Waals surface area (Å²) in [7, 11) is 0. The highest BCUT2D eigenvalue weighted by Crippen LogP contribution is 2.64. The second-order valence-corrected chi connectivity index (χ2v) is 7.35. The van der Waals surface area contributed by atoms with E-state index in [1.54, 1.807) is 0 Å². The van der Waals surface area contributed by atoms with Crippen molar-refractivity contribution in [3.63, 3.8) is 0 Å². The molecule has 0 aromatic rings. The molecular formula is C15H23NO3. The summed E-state index contributed by atoms with van der Waals surface area (Å²) >= 11 is 0. The normalized spacial score (nSPS) is 44.4. The Balaban J connectivity index is 1.87. The third-order valence-corrected chi connectivity index (χ3v) is 5.77. The number of aliphatic hydroxyl groups excluding tert-OH is 1. The molecule has 3 rings (SSSR count). The number of hydrogen-bond donors (Lipinski definition) is 1. The van der Waals surface area contributed by atoms with Gasteiger partial charge in [0.25, 0.3) is 0 Å². The molecule has 0 spiro atoms. The third-order valence-electron chi connectivity index (χ3n) is 5.77. The lowest BCUT2D eigenvalue weighted by Crippen LogP contribution is -2.57. The minimum absolute atomic E-state index is 0.0383. The maximum atomic E-state index is 12.5.